The van der Waals surface area contributed by atoms with Crippen molar-refractivity contribution in [2.75, 3.05) is 0 Å². The molecule has 0 N–H and O–H groups in total. The molecule has 0 atom stereocenters. The average molecular weight is 900 g/mol. The summed E-state index contributed by atoms with van der Waals surface area (Å²) in [6.45, 7) is 6.72. The molecule has 1 radical (unpaired) electrons. The van der Waals surface area contributed by atoms with Crippen LogP contribution in [0.5, 0.6) is 0 Å². The normalized spacial score (nSPS) is 12.7. The molecule has 5 aromatic heterocycles. The van der Waals surface area contributed by atoms with Crippen LogP contribution in [0.25, 0.3) is 83.4 Å². The maximum Gasteiger partial charge on any atom is 0.216 e. The van der Waals surface area contributed by atoms with Gasteiger partial charge in [0.05, 0.1) is 36.2 Å². The molecule has 54 heavy (non-hydrogen) atoms. The molecular weight excluding hydrogens is 861 g/mol. The van der Waals surface area contributed by atoms with Gasteiger partial charge in [0.25, 0.3) is 0 Å². The first-order valence-corrected chi connectivity index (χ1v) is 21.0. The van der Waals surface area contributed by atoms with Crippen molar-refractivity contribution >= 4 is 68.3 Å². The second-order valence-electron chi connectivity index (χ2n) is 14.2. The molecule has 10 rings (SSSR count). The van der Waals surface area contributed by atoms with Gasteiger partial charge in [0.2, 0.25) is 5.71 Å². The number of aryl methyl sites for hydroxylation is 2. The van der Waals surface area contributed by atoms with Crippen LogP contribution < -0.4 is 5.19 Å². The SMILES string of the molecule is Cc1ccc2c(n1)oc1c(-c3nc4ccccc4n3-c3cccc4c3oc3ccccc34)[c-]ccc12.[2H]C([2H])([2H])c1c[c-]c(-c2ccc([Si](C)(C)C)cn2)cc1.[Ir]. The molecule has 267 valence electrons. The van der Waals surface area contributed by atoms with E-state index in [9.17, 15) is 0 Å². The van der Waals surface area contributed by atoms with E-state index in [1.807, 2.05) is 73.8 Å². The van der Waals surface area contributed by atoms with Gasteiger partial charge in [-0.2, -0.15) is 0 Å². The molecule has 8 heteroatoms. The van der Waals surface area contributed by atoms with E-state index in [4.69, 9.17) is 17.9 Å². The van der Waals surface area contributed by atoms with Crippen molar-refractivity contribution in [3.63, 3.8) is 0 Å². The van der Waals surface area contributed by atoms with Gasteiger partial charge < -0.3 is 18.4 Å². The minimum Gasteiger partial charge on any atom is -0.486 e. The maximum absolute atomic E-state index is 7.35. The van der Waals surface area contributed by atoms with E-state index in [1.165, 1.54) is 11.3 Å². The first-order chi connectivity index (χ1) is 26.9. The summed E-state index contributed by atoms with van der Waals surface area (Å²) in [6, 6.07) is 45.9. The summed E-state index contributed by atoms with van der Waals surface area (Å²) in [5.41, 5.74) is 9.45. The molecule has 0 saturated heterocycles. The Labute approximate surface area is 332 Å². The largest absolute Gasteiger partial charge is 0.486 e. The number of hydrogen-bond donors (Lipinski definition) is 0. The van der Waals surface area contributed by atoms with Crippen molar-refractivity contribution in [3.05, 3.63) is 151 Å². The first kappa shape index (κ1) is 31.8. The molecule has 5 heterocycles. The first-order valence-electron chi connectivity index (χ1n) is 19.0. The van der Waals surface area contributed by atoms with Crippen molar-refractivity contribution < 1.29 is 33.1 Å². The Bertz CT molecular complexity index is 3020. The van der Waals surface area contributed by atoms with Crippen molar-refractivity contribution in [2.24, 2.45) is 0 Å². The Kier molecular flexibility index (Phi) is 8.23. The van der Waals surface area contributed by atoms with E-state index in [-0.39, 0.29) is 20.1 Å². The number of aromatic nitrogens is 4. The Morgan fingerprint density at radius 2 is 1.54 bits per heavy atom. The van der Waals surface area contributed by atoms with Crippen LogP contribution in [0.4, 0.5) is 0 Å². The Hall–Kier alpha value is -5.66. The Morgan fingerprint density at radius 3 is 2.33 bits per heavy atom. The molecule has 0 saturated carbocycles. The Morgan fingerprint density at radius 1 is 0.722 bits per heavy atom. The van der Waals surface area contributed by atoms with E-state index < -0.39 is 14.9 Å². The molecule has 5 aromatic carbocycles. The number of rotatable bonds is 4. The van der Waals surface area contributed by atoms with Gasteiger partial charge in [-0.15, -0.1) is 53.6 Å². The molecule has 0 fully saturated rings. The zero-order valence-corrected chi connectivity index (χ0v) is 33.5. The van der Waals surface area contributed by atoms with Crippen LogP contribution in [0.15, 0.2) is 136 Å². The number of benzene rings is 5. The number of imidazole rings is 1. The van der Waals surface area contributed by atoms with Gasteiger partial charge in [-0.25, -0.2) is 4.98 Å². The summed E-state index contributed by atoms with van der Waals surface area (Å²) in [5.74, 6) is 0.741. The standard InChI is InChI=1S/C31H18N3O2.C15H18NSi.Ir/c1-18-16-17-22-21-9-6-11-23(28(21)36-31(22)32-18)30-33-24-12-3-4-13-25(24)34(30)26-14-7-10-20-19-8-2-5-15-27(19)35-29(20)26;1-12-5-7-13(8-6-12)15-10-9-14(11-16-15)17(2,3)4;/h2-10,12-17H,1H3;5-7,9-11H,1-4H3;/q2*-1;/i;1D3;. The van der Waals surface area contributed by atoms with Gasteiger partial charge in [-0.1, -0.05) is 92.0 Å². The van der Waals surface area contributed by atoms with E-state index >= 15 is 0 Å². The number of nitrogens with zero attached hydrogens (tertiary/aromatic N) is 4. The summed E-state index contributed by atoms with van der Waals surface area (Å²) < 4.78 is 36.9. The summed E-state index contributed by atoms with van der Waals surface area (Å²) in [4.78, 5) is 14.2. The zero-order valence-electron chi connectivity index (χ0n) is 33.1. The van der Waals surface area contributed by atoms with Gasteiger partial charge >= 0.3 is 0 Å². The number of hydrogen-bond acceptors (Lipinski definition) is 5. The van der Waals surface area contributed by atoms with Crippen molar-refractivity contribution in [2.45, 2.75) is 33.4 Å². The topological polar surface area (TPSA) is 69.9 Å². The molecule has 0 spiro atoms. The minimum atomic E-state index is -2.08. The van der Waals surface area contributed by atoms with Crippen molar-refractivity contribution in [1.82, 2.24) is 19.5 Å². The second-order valence-corrected chi connectivity index (χ2v) is 19.3. The number of furan rings is 2. The molecule has 0 unspecified atom stereocenters. The summed E-state index contributed by atoms with van der Waals surface area (Å²) in [6.07, 6.45) is 1.92. The molecule has 10 aromatic rings. The predicted octanol–water partition coefficient (Wildman–Crippen LogP) is 11.4. The molecular formula is C46H36IrN4O2Si-2. The molecule has 0 aliphatic rings. The number of pyridine rings is 2. The van der Waals surface area contributed by atoms with Crippen LogP contribution in [-0.2, 0) is 20.1 Å². The van der Waals surface area contributed by atoms with E-state index in [0.717, 1.165) is 83.4 Å². The summed E-state index contributed by atoms with van der Waals surface area (Å²) >= 11 is 0. The fourth-order valence-electron chi connectivity index (χ4n) is 6.81. The monoisotopic (exact) mass is 900 g/mol. The summed E-state index contributed by atoms with van der Waals surface area (Å²) in [7, 11) is -1.34. The van der Waals surface area contributed by atoms with Crippen molar-refractivity contribution in [3.8, 4) is 28.3 Å². The Balaban J connectivity index is 0.000000186. The van der Waals surface area contributed by atoms with Gasteiger partial charge in [0.15, 0.2) is 5.58 Å². The van der Waals surface area contributed by atoms with Crippen LogP contribution in [0.3, 0.4) is 0 Å². The quantitative estimate of drug-likeness (QED) is 0.130. The molecule has 0 aliphatic heterocycles. The van der Waals surface area contributed by atoms with Crippen LogP contribution in [0, 0.1) is 25.9 Å². The third kappa shape index (κ3) is 6.26. The fraction of sp³-hybridized carbons (Fsp3) is 0.109. The van der Waals surface area contributed by atoms with Crippen LogP contribution in [-0.4, -0.2) is 27.6 Å². The maximum atomic E-state index is 7.35. The molecule has 0 bridgehead atoms. The van der Waals surface area contributed by atoms with E-state index in [0.29, 0.717) is 11.3 Å². The number of para-hydroxylation sites is 4. The molecule has 0 amide bonds. The third-order valence-corrected chi connectivity index (χ3v) is 11.6. The van der Waals surface area contributed by atoms with Gasteiger partial charge in [-0.3, -0.25) is 4.98 Å². The number of fused-ring (bicyclic) bond motifs is 7. The van der Waals surface area contributed by atoms with Gasteiger partial charge in [0.1, 0.15) is 5.58 Å². The minimum absolute atomic E-state index is 0. The van der Waals surface area contributed by atoms with Gasteiger partial charge in [0, 0.05) is 52.3 Å². The smallest absolute Gasteiger partial charge is 0.216 e. The summed E-state index contributed by atoms with van der Waals surface area (Å²) in [5, 5.41) is 5.44. The van der Waals surface area contributed by atoms with Crippen LogP contribution >= 0.6 is 0 Å². The zero-order chi connectivity index (χ0) is 38.8. The second kappa shape index (κ2) is 14.0. The molecule has 6 nitrogen and oxygen atoms in total. The molecule has 0 aliphatic carbocycles. The van der Waals surface area contributed by atoms with E-state index in [2.05, 4.69) is 88.8 Å². The van der Waals surface area contributed by atoms with Crippen LogP contribution in [0.1, 0.15) is 15.4 Å². The van der Waals surface area contributed by atoms with Crippen LogP contribution in [0.2, 0.25) is 19.6 Å². The van der Waals surface area contributed by atoms with Crippen molar-refractivity contribution in [1.29, 1.82) is 0 Å². The average Bonchev–Trinajstić information content (AvgIpc) is 3.89. The third-order valence-electron chi connectivity index (χ3n) is 9.56. The predicted molar refractivity (Wildman–Crippen MR) is 219 cm³/mol. The fourth-order valence-corrected chi connectivity index (χ4v) is 7.84. The van der Waals surface area contributed by atoms with E-state index in [1.54, 1.807) is 12.1 Å². The van der Waals surface area contributed by atoms with Gasteiger partial charge in [-0.05, 0) is 54.2 Å².